The van der Waals surface area contributed by atoms with Crippen LogP contribution in [0, 0.1) is 0 Å². The van der Waals surface area contributed by atoms with Gasteiger partial charge in [0.15, 0.2) is 0 Å². The van der Waals surface area contributed by atoms with Gasteiger partial charge in [0.2, 0.25) is 15.9 Å². The van der Waals surface area contributed by atoms with E-state index in [1.54, 1.807) is 24.3 Å². The number of carbonyl (C=O) groups excluding carboxylic acids is 1. The van der Waals surface area contributed by atoms with Gasteiger partial charge in [-0.05, 0) is 60.2 Å². The molecule has 0 saturated carbocycles. The average molecular weight is 552 g/mol. The van der Waals surface area contributed by atoms with E-state index in [1.807, 2.05) is 0 Å². The van der Waals surface area contributed by atoms with E-state index < -0.39 is 39.2 Å². The lowest BCUT2D eigenvalue weighted by molar-refractivity contribution is -0.137. The van der Waals surface area contributed by atoms with Crippen LogP contribution in [0.15, 0.2) is 71.6 Å². The van der Waals surface area contributed by atoms with Crippen molar-refractivity contribution in [2.24, 2.45) is 0 Å². The third-order valence-corrected chi connectivity index (χ3v) is 7.24. The van der Waals surface area contributed by atoms with E-state index in [-0.39, 0.29) is 17.1 Å². The molecule has 34 heavy (non-hydrogen) atoms. The lowest BCUT2D eigenvalue weighted by Crippen LogP contribution is -2.37. The number of amides is 1. The Hall–Kier alpha value is -2.30. The molecule has 3 aromatic rings. The van der Waals surface area contributed by atoms with Crippen molar-refractivity contribution in [2.75, 3.05) is 11.9 Å². The van der Waals surface area contributed by atoms with Gasteiger partial charge in [0.05, 0.1) is 22.0 Å². The Morgan fingerprint density at radius 1 is 0.882 bits per heavy atom. The Morgan fingerprint density at radius 3 is 2.00 bits per heavy atom. The number of sulfonamides is 1. The second-order valence-electron chi connectivity index (χ2n) is 7.09. The number of nitrogens with one attached hydrogen (secondary N) is 1. The Kier molecular flexibility index (Phi) is 8.15. The van der Waals surface area contributed by atoms with Gasteiger partial charge in [-0.15, -0.1) is 0 Å². The van der Waals surface area contributed by atoms with Crippen molar-refractivity contribution in [3.8, 4) is 0 Å². The largest absolute Gasteiger partial charge is 0.417 e. The lowest BCUT2D eigenvalue weighted by Gasteiger charge is -2.22. The number of anilines is 1. The highest BCUT2D eigenvalue weighted by Gasteiger charge is 2.33. The summed E-state index contributed by atoms with van der Waals surface area (Å²) in [5.41, 5.74) is -0.767. The van der Waals surface area contributed by atoms with Crippen molar-refractivity contribution < 1.29 is 26.4 Å². The summed E-state index contributed by atoms with van der Waals surface area (Å²) in [4.78, 5) is 12.6. The molecule has 0 atom stereocenters. The zero-order chi connectivity index (χ0) is 25.1. The molecule has 0 aromatic heterocycles. The minimum Gasteiger partial charge on any atom is -0.325 e. The van der Waals surface area contributed by atoms with Crippen LogP contribution < -0.4 is 5.32 Å². The number of nitrogens with zero attached hydrogens (tertiary/aromatic N) is 1. The fraction of sp³-hybridized carbons (Fsp3) is 0.136. The van der Waals surface area contributed by atoms with Crippen LogP contribution in [0.5, 0.6) is 0 Å². The highest BCUT2D eigenvalue weighted by Crippen LogP contribution is 2.36. The summed E-state index contributed by atoms with van der Waals surface area (Å²) < 4.78 is 66.7. The summed E-state index contributed by atoms with van der Waals surface area (Å²) in [5, 5.41) is 2.53. The molecule has 5 nitrogen and oxygen atoms in total. The van der Waals surface area contributed by atoms with Gasteiger partial charge in [0.1, 0.15) is 0 Å². The van der Waals surface area contributed by atoms with Gasteiger partial charge in [0, 0.05) is 22.3 Å². The van der Waals surface area contributed by atoms with Gasteiger partial charge >= 0.3 is 6.18 Å². The third kappa shape index (κ3) is 6.64. The molecule has 0 aliphatic carbocycles. The Balaban J connectivity index is 1.88. The number of rotatable bonds is 7. The Morgan fingerprint density at radius 2 is 1.44 bits per heavy atom. The normalized spacial score (nSPS) is 12.1. The molecule has 180 valence electrons. The topological polar surface area (TPSA) is 66.5 Å². The minimum atomic E-state index is -4.73. The molecule has 0 heterocycles. The molecule has 0 spiro atoms. The summed E-state index contributed by atoms with van der Waals surface area (Å²) >= 11 is 17.3. The molecule has 0 bridgehead atoms. The van der Waals surface area contributed by atoms with Crippen LogP contribution in [0.1, 0.15) is 11.1 Å². The van der Waals surface area contributed by atoms with Gasteiger partial charge in [-0.1, -0.05) is 46.9 Å². The van der Waals surface area contributed by atoms with Crippen molar-refractivity contribution in [3.63, 3.8) is 0 Å². The third-order valence-electron chi connectivity index (χ3n) is 4.60. The Labute approximate surface area is 209 Å². The highest BCUT2D eigenvalue weighted by molar-refractivity contribution is 7.89. The lowest BCUT2D eigenvalue weighted by atomic mass is 10.2. The number of halogens is 6. The van der Waals surface area contributed by atoms with E-state index >= 15 is 0 Å². The summed E-state index contributed by atoms with van der Waals surface area (Å²) in [6.07, 6.45) is -4.73. The number of hydrogen-bond acceptors (Lipinski definition) is 3. The van der Waals surface area contributed by atoms with E-state index in [4.69, 9.17) is 34.8 Å². The number of carbonyl (C=O) groups is 1. The summed E-state index contributed by atoms with van der Waals surface area (Å²) in [5.74, 6) is -0.845. The number of alkyl halides is 3. The molecular weight excluding hydrogens is 536 g/mol. The molecule has 0 unspecified atom stereocenters. The van der Waals surface area contributed by atoms with Gasteiger partial charge < -0.3 is 5.32 Å². The summed E-state index contributed by atoms with van der Waals surface area (Å²) in [7, 11) is -4.17. The standard InChI is InChI=1S/C22H16Cl3F3N2O3S/c23-15-3-1-14(2-4-15)12-30(34(32,33)18-8-5-16(24)6-9-18)13-21(31)29-17-7-10-20(25)19(11-17)22(26,27)28/h1-11H,12-13H2,(H,29,31). The van der Waals surface area contributed by atoms with Crippen molar-refractivity contribution in [2.45, 2.75) is 17.6 Å². The maximum absolute atomic E-state index is 13.2. The molecule has 3 rings (SSSR count). The molecule has 0 aliphatic rings. The van der Waals surface area contributed by atoms with Crippen LogP contribution >= 0.6 is 34.8 Å². The first-order valence-corrected chi connectivity index (χ1v) is 12.1. The van der Waals surface area contributed by atoms with Crippen LogP contribution in [-0.2, 0) is 27.5 Å². The van der Waals surface area contributed by atoms with Gasteiger partial charge in [-0.2, -0.15) is 17.5 Å². The highest BCUT2D eigenvalue weighted by atomic mass is 35.5. The van der Waals surface area contributed by atoms with Crippen molar-refractivity contribution in [1.29, 1.82) is 0 Å². The minimum absolute atomic E-state index is 0.107. The molecule has 0 aliphatic heterocycles. The van der Waals surface area contributed by atoms with Gasteiger partial charge in [0.25, 0.3) is 0 Å². The van der Waals surface area contributed by atoms with E-state index in [1.165, 1.54) is 30.3 Å². The summed E-state index contributed by atoms with van der Waals surface area (Å²) in [6.45, 7) is -0.860. The quantitative estimate of drug-likeness (QED) is 0.365. The molecule has 12 heteroatoms. The van der Waals surface area contributed by atoms with E-state index in [2.05, 4.69) is 5.32 Å². The van der Waals surface area contributed by atoms with Crippen molar-refractivity contribution >= 4 is 56.4 Å². The van der Waals surface area contributed by atoms with E-state index in [9.17, 15) is 26.4 Å². The molecule has 0 radical (unpaired) electrons. The molecule has 1 amide bonds. The fourth-order valence-electron chi connectivity index (χ4n) is 2.96. The first kappa shape index (κ1) is 26.3. The monoisotopic (exact) mass is 550 g/mol. The predicted octanol–water partition coefficient (Wildman–Crippen LogP) is 6.50. The Bertz CT molecular complexity index is 1280. The maximum Gasteiger partial charge on any atom is 0.417 e. The second kappa shape index (κ2) is 10.5. The number of benzene rings is 3. The van der Waals surface area contributed by atoms with Crippen LogP contribution in [-0.4, -0.2) is 25.2 Å². The zero-order valence-electron chi connectivity index (χ0n) is 17.1. The van der Waals surface area contributed by atoms with Crippen LogP contribution in [0.4, 0.5) is 18.9 Å². The summed E-state index contributed by atoms with van der Waals surface area (Å²) in [6, 6.07) is 14.5. The fourth-order valence-corrected chi connectivity index (χ4v) is 4.82. The second-order valence-corrected chi connectivity index (χ2v) is 10.3. The molecule has 3 aromatic carbocycles. The van der Waals surface area contributed by atoms with Crippen LogP contribution in [0.3, 0.4) is 0 Å². The van der Waals surface area contributed by atoms with Gasteiger partial charge in [-0.3, -0.25) is 4.79 Å². The van der Waals surface area contributed by atoms with Crippen molar-refractivity contribution in [3.05, 3.63) is 92.9 Å². The van der Waals surface area contributed by atoms with Gasteiger partial charge in [-0.25, -0.2) is 8.42 Å². The maximum atomic E-state index is 13.2. The molecule has 1 N–H and O–H groups in total. The predicted molar refractivity (Wildman–Crippen MR) is 126 cm³/mol. The molecule has 0 fully saturated rings. The van der Waals surface area contributed by atoms with Crippen molar-refractivity contribution in [1.82, 2.24) is 4.31 Å². The zero-order valence-corrected chi connectivity index (χ0v) is 20.2. The smallest absolute Gasteiger partial charge is 0.325 e. The molecule has 0 saturated heterocycles. The first-order chi connectivity index (χ1) is 15.9. The average Bonchev–Trinajstić information content (AvgIpc) is 2.75. The molecular formula is C22H16Cl3F3N2O3S. The van der Waals surface area contributed by atoms with Crippen LogP contribution in [0.25, 0.3) is 0 Å². The SMILES string of the molecule is O=C(CN(Cc1ccc(Cl)cc1)S(=O)(=O)c1ccc(Cl)cc1)Nc1ccc(Cl)c(C(F)(F)F)c1. The number of hydrogen-bond donors (Lipinski definition) is 1. The van der Waals surface area contributed by atoms with E-state index in [0.717, 1.165) is 10.4 Å². The van der Waals surface area contributed by atoms with Crippen LogP contribution in [0.2, 0.25) is 15.1 Å². The van der Waals surface area contributed by atoms with E-state index in [0.29, 0.717) is 21.7 Å². The first-order valence-electron chi connectivity index (χ1n) is 9.53.